The number of hydrogen-bond donors (Lipinski definition) is 31. The van der Waals surface area contributed by atoms with Gasteiger partial charge in [-0.1, -0.05) is 41.5 Å². The molecular weight excluding hydrogens is 1860 g/mol. The van der Waals surface area contributed by atoms with Gasteiger partial charge < -0.3 is 169 Å². The van der Waals surface area contributed by atoms with Gasteiger partial charge in [0.1, 0.15) is 109 Å². The number of aliphatic hydroxyl groups excluding tert-OH is 6. The zero-order chi connectivity index (χ0) is 105. The number of carboxylic acids is 3. The van der Waals surface area contributed by atoms with Gasteiger partial charge in [0, 0.05) is 38.1 Å². The first-order valence-corrected chi connectivity index (χ1v) is 46.2. The third-order valence-corrected chi connectivity index (χ3v) is 22.2. The van der Waals surface area contributed by atoms with E-state index >= 15 is 0 Å². The van der Waals surface area contributed by atoms with E-state index in [0.29, 0.717) is 19.3 Å². The minimum absolute atomic E-state index is 0.00611. The van der Waals surface area contributed by atoms with Gasteiger partial charge in [-0.15, -0.1) is 0 Å². The summed E-state index contributed by atoms with van der Waals surface area (Å²) < 4.78 is 0. The molecule has 19 atom stereocenters. The first-order chi connectivity index (χ1) is 65.4. The van der Waals surface area contributed by atoms with Crippen molar-refractivity contribution in [2.45, 2.75) is 292 Å². The molecule has 0 aliphatic carbocycles. The summed E-state index contributed by atoms with van der Waals surface area (Å²) in [5, 5.41) is 127. The largest absolute Gasteiger partial charge is 0.481 e. The molecule has 0 radical (unpaired) electrons. The molecule has 20 amide bonds. The van der Waals surface area contributed by atoms with Crippen LogP contribution in [-0.4, -0.2) is 378 Å². The molecule has 55 nitrogen and oxygen atoms in total. The zero-order valence-corrected chi connectivity index (χ0v) is 79.7. The van der Waals surface area contributed by atoms with Crippen LogP contribution in [0.4, 0.5) is 0 Å². The molecule has 139 heavy (non-hydrogen) atoms. The lowest BCUT2D eigenvalue weighted by atomic mass is 10.0. The van der Waals surface area contributed by atoms with Crippen molar-refractivity contribution in [3.05, 3.63) is 0 Å². The van der Waals surface area contributed by atoms with Gasteiger partial charge in [0.25, 0.3) is 0 Å². The van der Waals surface area contributed by atoms with E-state index in [0.717, 1.165) is 16.7 Å². The van der Waals surface area contributed by atoms with Crippen LogP contribution >= 0.6 is 12.6 Å². The minimum Gasteiger partial charge on any atom is -0.481 e. The number of aliphatic carboxylic acids is 3. The third kappa shape index (κ3) is 43.8. The Morgan fingerprint density at radius 3 is 1.06 bits per heavy atom. The number of nitrogens with one attached hydrogen (secondary N) is 16. The molecule has 0 aromatic carbocycles. The van der Waals surface area contributed by atoms with Gasteiger partial charge in [-0.25, -0.2) is 4.79 Å². The van der Waals surface area contributed by atoms with Crippen molar-refractivity contribution in [2.75, 3.05) is 71.5 Å². The van der Waals surface area contributed by atoms with Crippen LogP contribution in [0.2, 0.25) is 0 Å². The van der Waals surface area contributed by atoms with E-state index < -0.39 is 347 Å². The van der Waals surface area contributed by atoms with Crippen LogP contribution in [-0.2, 0) is 110 Å². The number of thiol groups is 1. The van der Waals surface area contributed by atoms with E-state index in [1.165, 1.54) is 0 Å². The first kappa shape index (κ1) is 123. The highest BCUT2D eigenvalue weighted by Crippen LogP contribution is 2.24. The van der Waals surface area contributed by atoms with Crippen LogP contribution in [0.15, 0.2) is 0 Å². The SMILES string of the molecule is CC(C)C[C@H](NC(=O)[C@H](CO)NC(=O)[C@H](CCC(=O)O)NC(=O)[C@@H]1CCCN1C(=O)[C@H](CCCCN)NC(=O)[C@H](CC(C)C)NC(=O)[C@H](CCC(N)=O)NC(=O)CNC(=O)[C@H](CO)NC(=O)[C@@H](NC(=O)[C@H](CCC(N)=O)NC(=O)[C@@H]1CCCN1C(=O)[C@H](CC(C)C)NC(=O)[C@H](CO)NC(=O)[C@H](CS)NC(=O)[C@H](CO)NC(=O)[C@H](CCCCN)NC(=O)[C@@H](N)CO)[C@@H](C)O)C(=O)N[C@@H](CC(=O)O)C(=O)O. The summed E-state index contributed by atoms with van der Waals surface area (Å²) in [5.41, 5.74) is 27.8. The van der Waals surface area contributed by atoms with Gasteiger partial charge in [0.2, 0.25) is 118 Å². The molecule has 786 valence electrons. The van der Waals surface area contributed by atoms with E-state index in [1.807, 2.05) is 5.32 Å². The maximum atomic E-state index is 14.8. The standard InChI is InChI=1S/C83H141N23O32S/c1-39(2)28-49(72(126)94-48(15-9-11-25-85)81(135)105-26-12-16-58(105)78(132)93-47(20-23-63(116)117)70(124)100-54(35-109)74(128)96-50(29-40(3)4)73(127)98-52(83(137)138)31-64(118)119)95-69(123)45(18-21-60(87)113)90-62(115)32-89-67(121)53(34-108)102-80(134)65(42(7)112)104-71(125)46(19-22-61(88)114)92-79(133)59-17-13-27-106(59)82(136)51(30-41(5)6)97-75(129)55(36-110)101-77(131)57(38-139)103-76(130)56(37-111)99-68(122)44(14-8-10-24-84)91-66(120)43(86)33-107/h39-59,65,107-112,139H,8-38,84-86H2,1-7H3,(H2,87,113)(H2,88,114)(H,89,121)(H,90,115)(H,91,120)(H,92,133)(H,93,132)(H,94,126)(H,95,123)(H,96,128)(H,97,129)(H,98,127)(H,99,122)(H,100,124)(H,101,131)(H,102,134)(H,103,130)(H,104,125)(H,116,117)(H,118,119)(H,137,138)/t42-,43+,44+,45+,46+,47+,48+,49+,50+,51+,52+,53+,54+,55+,56+,57+,58+,59+,65+/m1/s1. The minimum atomic E-state index is -2.06. The summed E-state index contributed by atoms with van der Waals surface area (Å²) in [6, 6.07) is -30.1. The van der Waals surface area contributed by atoms with Gasteiger partial charge in [-0.3, -0.25) is 105 Å². The molecule has 0 unspecified atom stereocenters. The number of unbranched alkanes of at least 4 members (excludes halogenated alkanes) is 2. The normalized spacial score (nSPS) is 17.1. The summed E-state index contributed by atoms with van der Waals surface area (Å²) in [4.78, 5) is 311. The van der Waals surface area contributed by atoms with E-state index in [-0.39, 0.29) is 102 Å². The van der Waals surface area contributed by atoms with E-state index in [9.17, 15) is 156 Å². The topological polar surface area (TPSA) is 904 Å². The highest BCUT2D eigenvalue weighted by atomic mass is 32.1. The Hall–Kier alpha value is -12.2. The fraction of sp³-hybridized carbons (Fsp3) is 0.723. The van der Waals surface area contributed by atoms with Crippen molar-refractivity contribution >= 4 is 149 Å². The Labute approximate surface area is 806 Å². The molecule has 2 aliphatic rings. The number of rotatable bonds is 67. The number of carboxylic acid groups (broad SMARTS) is 3. The molecular formula is C83H141N23O32S. The van der Waals surface area contributed by atoms with Crippen LogP contribution in [0.3, 0.4) is 0 Å². The van der Waals surface area contributed by atoms with Crippen molar-refractivity contribution in [3.8, 4) is 0 Å². The summed E-state index contributed by atoms with van der Waals surface area (Å²) in [6.07, 6.45) is -5.81. The quantitative estimate of drug-likeness (QED) is 0.0199. The van der Waals surface area contributed by atoms with Crippen molar-refractivity contribution in [2.24, 2.45) is 46.4 Å². The maximum Gasteiger partial charge on any atom is 0.326 e. The molecule has 2 heterocycles. The van der Waals surface area contributed by atoms with Gasteiger partial charge in [0.05, 0.1) is 52.1 Å². The Morgan fingerprint density at radius 1 is 0.353 bits per heavy atom. The molecule has 56 heteroatoms. The van der Waals surface area contributed by atoms with Gasteiger partial charge in [-0.2, -0.15) is 12.6 Å². The summed E-state index contributed by atoms with van der Waals surface area (Å²) in [5.74, 6) is -28.2. The molecule has 0 bridgehead atoms. The number of likely N-dealkylation sites (tertiary alicyclic amines) is 2. The lowest BCUT2D eigenvalue weighted by molar-refractivity contribution is -0.147. The number of primary amides is 2. The van der Waals surface area contributed by atoms with Crippen LogP contribution in [0.25, 0.3) is 0 Å². The van der Waals surface area contributed by atoms with Crippen LogP contribution in [0.5, 0.6) is 0 Å². The Morgan fingerprint density at radius 2 is 0.676 bits per heavy atom. The molecule has 35 N–H and O–H groups in total. The lowest BCUT2D eigenvalue weighted by Gasteiger charge is -2.31. The molecule has 0 aromatic rings. The van der Waals surface area contributed by atoms with E-state index in [2.05, 4.69) is 92.4 Å². The van der Waals surface area contributed by atoms with Crippen molar-refractivity contribution in [1.29, 1.82) is 0 Å². The maximum absolute atomic E-state index is 14.8. The smallest absolute Gasteiger partial charge is 0.326 e. The predicted molar refractivity (Wildman–Crippen MR) is 488 cm³/mol. The fourth-order valence-corrected chi connectivity index (χ4v) is 14.7. The lowest BCUT2D eigenvalue weighted by Crippen LogP contribution is -2.62. The average molecular weight is 2010 g/mol. The molecule has 2 saturated heterocycles. The Kier molecular flexibility index (Phi) is 56.0. The third-order valence-electron chi connectivity index (χ3n) is 21.8. The second-order valence-electron chi connectivity index (χ2n) is 34.8. The molecule has 2 aliphatic heterocycles. The Bertz CT molecular complexity index is 4210. The second kappa shape index (κ2) is 63.4. The van der Waals surface area contributed by atoms with Gasteiger partial charge >= 0.3 is 17.9 Å². The van der Waals surface area contributed by atoms with Crippen LogP contribution in [0, 0.1) is 17.8 Å². The summed E-state index contributed by atoms with van der Waals surface area (Å²) in [6.45, 7) is 4.59. The molecule has 0 saturated carbocycles. The predicted octanol–water partition coefficient (Wildman–Crippen LogP) is -13.7. The number of nitrogens with zero attached hydrogens (tertiary/aromatic N) is 2. The molecule has 0 spiro atoms. The van der Waals surface area contributed by atoms with E-state index in [1.54, 1.807) is 41.5 Å². The summed E-state index contributed by atoms with van der Waals surface area (Å²) in [7, 11) is 0. The number of nitrogens with two attached hydrogens (primary N) is 5. The number of aliphatic hydroxyl groups is 6. The monoisotopic (exact) mass is 2000 g/mol. The van der Waals surface area contributed by atoms with Crippen molar-refractivity contribution < 1.29 is 156 Å². The van der Waals surface area contributed by atoms with Crippen molar-refractivity contribution in [1.82, 2.24) is 94.9 Å². The highest BCUT2D eigenvalue weighted by Gasteiger charge is 2.45. The number of carbonyl (C=O) groups is 23. The molecule has 2 fully saturated rings. The molecule has 2 rings (SSSR count). The number of amides is 20. The fourth-order valence-electron chi connectivity index (χ4n) is 14.4. The Balaban J connectivity index is 2.35. The average Bonchev–Trinajstić information content (AvgIpc) is 1.66. The second-order valence-corrected chi connectivity index (χ2v) is 35.1. The number of carbonyl (C=O) groups excluding carboxylic acids is 20. The molecule has 0 aromatic heterocycles. The highest BCUT2D eigenvalue weighted by molar-refractivity contribution is 7.80. The first-order valence-electron chi connectivity index (χ1n) is 45.5. The van der Waals surface area contributed by atoms with Crippen LogP contribution < -0.4 is 114 Å². The van der Waals surface area contributed by atoms with E-state index in [4.69, 9.17) is 28.7 Å². The van der Waals surface area contributed by atoms with Crippen LogP contribution in [0.1, 0.15) is 177 Å². The van der Waals surface area contributed by atoms with Crippen molar-refractivity contribution in [3.63, 3.8) is 0 Å². The van der Waals surface area contributed by atoms with Gasteiger partial charge in [-0.05, 0) is 141 Å². The zero-order valence-electron chi connectivity index (χ0n) is 78.8. The van der Waals surface area contributed by atoms with Gasteiger partial charge in [0.15, 0.2) is 0 Å². The number of hydrogen-bond acceptors (Lipinski definition) is 33. The summed E-state index contributed by atoms with van der Waals surface area (Å²) >= 11 is 4.12.